The van der Waals surface area contributed by atoms with E-state index in [0.717, 1.165) is 22.3 Å². The summed E-state index contributed by atoms with van der Waals surface area (Å²) in [4.78, 5) is 0. The second-order valence-electron chi connectivity index (χ2n) is 11.7. The van der Waals surface area contributed by atoms with Gasteiger partial charge in [0.1, 0.15) is 16.7 Å². The van der Waals surface area contributed by atoms with Gasteiger partial charge in [-0.1, -0.05) is 104 Å². The minimum atomic E-state index is -0.811. The molecular formula is C37H39ClF2O4. The molecule has 1 aliphatic heterocycles. The van der Waals surface area contributed by atoms with Crippen LogP contribution in [0.15, 0.2) is 91.0 Å². The third-order valence-electron chi connectivity index (χ3n) is 8.85. The molecule has 0 aliphatic carbocycles. The minimum absolute atomic E-state index is 0.108. The average molecular weight is 621 g/mol. The van der Waals surface area contributed by atoms with Crippen LogP contribution in [0.25, 0.3) is 11.1 Å². The summed E-state index contributed by atoms with van der Waals surface area (Å²) >= 11 is 5.70. The van der Waals surface area contributed by atoms with Crippen molar-refractivity contribution in [3.8, 4) is 11.1 Å². The summed E-state index contributed by atoms with van der Waals surface area (Å²) in [6.45, 7) is 7.41. The summed E-state index contributed by atoms with van der Waals surface area (Å²) < 4.78 is 47.9. The molecule has 0 radical (unpaired) electrons. The maximum absolute atomic E-state index is 14.2. The summed E-state index contributed by atoms with van der Waals surface area (Å²) in [6.07, 6.45) is -0.967. The van der Waals surface area contributed by atoms with Gasteiger partial charge in [0, 0.05) is 5.92 Å². The topological polar surface area (TPSA) is 47.9 Å². The van der Waals surface area contributed by atoms with E-state index in [1.807, 2.05) is 85.8 Å². The highest BCUT2D eigenvalue weighted by atomic mass is 35.5. The number of aliphatic hydroxyl groups is 1. The first kappa shape index (κ1) is 32.3. The summed E-state index contributed by atoms with van der Waals surface area (Å²) in [5.74, 6) is -1.78. The lowest BCUT2D eigenvalue weighted by atomic mass is 9.76. The van der Waals surface area contributed by atoms with Crippen LogP contribution >= 0.6 is 11.6 Å². The number of ether oxygens (including phenoxy) is 3. The molecule has 1 N–H and O–H groups in total. The molecule has 1 fully saturated rings. The Morgan fingerprint density at radius 1 is 0.818 bits per heavy atom. The van der Waals surface area contributed by atoms with Crippen molar-refractivity contribution in [2.45, 2.75) is 58.2 Å². The van der Waals surface area contributed by atoms with E-state index in [1.54, 1.807) is 0 Å². The number of rotatable bonds is 11. The average Bonchev–Trinajstić information content (AvgIpc) is 3.03. The summed E-state index contributed by atoms with van der Waals surface area (Å²) in [6, 6.07) is 28.1. The van der Waals surface area contributed by atoms with Gasteiger partial charge in [-0.3, -0.25) is 0 Å². The van der Waals surface area contributed by atoms with Gasteiger partial charge in [-0.05, 0) is 64.3 Å². The molecule has 2 unspecified atom stereocenters. The maximum Gasteiger partial charge on any atom is 0.145 e. The SMILES string of the molecule is Cc1cc(-c2cc(F)c(Cl)c(F)c2)ccc1[C@@H](CO)[C@H]1OC(COCc2ccccc2)[C@@H](C)[C@H](C)C1OCc1ccccc1. The van der Waals surface area contributed by atoms with Crippen molar-refractivity contribution < 1.29 is 28.1 Å². The van der Waals surface area contributed by atoms with E-state index in [4.69, 9.17) is 25.8 Å². The molecule has 4 aromatic carbocycles. The van der Waals surface area contributed by atoms with Crippen LogP contribution in [0.2, 0.25) is 5.02 Å². The second-order valence-corrected chi connectivity index (χ2v) is 12.1. The van der Waals surface area contributed by atoms with Crippen LogP contribution in [-0.2, 0) is 27.4 Å². The van der Waals surface area contributed by atoms with Crippen LogP contribution in [0.1, 0.15) is 42.0 Å². The van der Waals surface area contributed by atoms with Crippen molar-refractivity contribution in [1.29, 1.82) is 0 Å². The molecule has 1 aliphatic rings. The second kappa shape index (κ2) is 14.8. The quantitative estimate of drug-likeness (QED) is 0.171. The number of halogens is 3. The fraction of sp³-hybridized carbons (Fsp3) is 0.351. The third kappa shape index (κ3) is 7.39. The Morgan fingerprint density at radius 3 is 2.02 bits per heavy atom. The van der Waals surface area contributed by atoms with Gasteiger partial charge in [0.25, 0.3) is 0 Å². The maximum atomic E-state index is 14.2. The molecule has 4 aromatic rings. The highest BCUT2D eigenvalue weighted by Crippen LogP contribution is 2.41. The van der Waals surface area contributed by atoms with Crippen molar-refractivity contribution in [2.75, 3.05) is 13.2 Å². The predicted molar refractivity (Wildman–Crippen MR) is 169 cm³/mol. The Hall–Kier alpha value is -3.13. The summed E-state index contributed by atoms with van der Waals surface area (Å²) in [5, 5.41) is 10.3. The van der Waals surface area contributed by atoms with Crippen molar-refractivity contribution in [3.05, 3.63) is 130 Å². The molecule has 44 heavy (non-hydrogen) atoms. The molecule has 0 bridgehead atoms. The van der Waals surface area contributed by atoms with Gasteiger partial charge in [0.2, 0.25) is 0 Å². The molecule has 1 saturated heterocycles. The molecule has 7 heteroatoms. The van der Waals surface area contributed by atoms with Gasteiger partial charge in [0.15, 0.2) is 0 Å². The van der Waals surface area contributed by atoms with Gasteiger partial charge in [-0.2, -0.15) is 0 Å². The number of aliphatic hydroxyl groups excluding tert-OH is 1. The van der Waals surface area contributed by atoms with E-state index >= 15 is 0 Å². The fourth-order valence-corrected chi connectivity index (χ4v) is 6.22. The molecule has 0 aromatic heterocycles. The Balaban J connectivity index is 1.42. The van der Waals surface area contributed by atoms with Crippen molar-refractivity contribution >= 4 is 11.6 Å². The zero-order valence-electron chi connectivity index (χ0n) is 25.3. The summed E-state index contributed by atoms with van der Waals surface area (Å²) in [5.41, 5.74) is 4.93. The molecule has 6 atom stereocenters. The standard InChI is InChI=1S/C37H39ClF2O4/c1-23-16-28(29-17-32(39)35(38)33(40)18-29)14-15-30(23)31(19-41)37-36(43-21-27-12-8-5-9-13-27)25(3)24(2)34(44-37)22-42-20-26-10-6-4-7-11-26/h4-18,24-25,31,34,36-37,41H,19-22H2,1-3H3/t24-,25-,31+,34?,36?,37+/m0/s1. The van der Waals surface area contributed by atoms with Crippen LogP contribution in [0.4, 0.5) is 8.78 Å². The van der Waals surface area contributed by atoms with Crippen LogP contribution < -0.4 is 0 Å². The largest absolute Gasteiger partial charge is 0.396 e. The van der Waals surface area contributed by atoms with E-state index < -0.39 is 28.7 Å². The first-order chi connectivity index (χ1) is 21.3. The Kier molecular flexibility index (Phi) is 10.8. The van der Waals surface area contributed by atoms with Crippen molar-refractivity contribution in [2.24, 2.45) is 11.8 Å². The van der Waals surface area contributed by atoms with Crippen LogP contribution in [0, 0.1) is 30.4 Å². The number of hydrogen-bond donors (Lipinski definition) is 1. The lowest BCUT2D eigenvalue weighted by Crippen LogP contribution is -2.54. The zero-order chi connectivity index (χ0) is 31.2. The first-order valence-corrected chi connectivity index (χ1v) is 15.4. The van der Waals surface area contributed by atoms with Gasteiger partial charge in [-0.25, -0.2) is 8.78 Å². The smallest absolute Gasteiger partial charge is 0.145 e. The van der Waals surface area contributed by atoms with Gasteiger partial charge in [0.05, 0.1) is 44.7 Å². The number of hydrogen-bond acceptors (Lipinski definition) is 4. The van der Waals surface area contributed by atoms with Crippen molar-refractivity contribution in [3.63, 3.8) is 0 Å². The minimum Gasteiger partial charge on any atom is -0.396 e. The normalized spacial score (nSPS) is 22.6. The van der Waals surface area contributed by atoms with E-state index in [1.165, 1.54) is 12.1 Å². The molecule has 0 saturated carbocycles. The van der Waals surface area contributed by atoms with Crippen LogP contribution in [0.5, 0.6) is 0 Å². The zero-order valence-corrected chi connectivity index (χ0v) is 26.0. The molecule has 232 valence electrons. The van der Waals surface area contributed by atoms with E-state index in [2.05, 4.69) is 13.8 Å². The van der Waals surface area contributed by atoms with Gasteiger partial charge in [-0.15, -0.1) is 0 Å². The monoisotopic (exact) mass is 620 g/mol. The van der Waals surface area contributed by atoms with E-state index in [9.17, 15) is 13.9 Å². The number of aryl methyl sites for hydroxylation is 1. The van der Waals surface area contributed by atoms with Crippen molar-refractivity contribution in [1.82, 2.24) is 0 Å². The molecular weight excluding hydrogens is 582 g/mol. The first-order valence-electron chi connectivity index (χ1n) is 15.1. The molecule has 0 amide bonds. The fourth-order valence-electron chi connectivity index (χ4n) is 6.11. The van der Waals surface area contributed by atoms with Gasteiger partial charge >= 0.3 is 0 Å². The number of benzene rings is 4. The van der Waals surface area contributed by atoms with Crippen LogP contribution in [0.3, 0.4) is 0 Å². The molecule has 0 spiro atoms. The highest BCUT2D eigenvalue weighted by Gasteiger charge is 2.46. The molecule has 4 nitrogen and oxygen atoms in total. The predicted octanol–water partition coefficient (Wildman–Crippen LogP) is 8.51. The van der Waals surface area contributed by atoms with Crippen LogP contribution in [-0.4, -0.2) is 36.6 Å². The lowest BCUT2D eigenvalue weighted by molar-refractivity contribution is -0.212. The van der Waals surface area contributed by atoms with E-state index in [0.29, 0.717) is 30.9 Å². The highest BCUT2D eigenvalue weighted by molar-refractivity contribution is 6.31. The van der Waals surface area contributed by atoms with E-state index in [-0.39, 0.29) is 30.7 Å². The third-order valence-corrected chi connectivity index (χ3v) is 9.21. The summed E-state index contributed by atoms with van der Waals surface area (Å²) in [7, 11) is 0. The lowest BCUT2D eigenvalue weighted by Gasteiger charge is -2.47. The molecule has 5 rings (SSSR count). The van der Waals surface area contributed by atoms with Gasteiger partial charge < -0.3 is 19.3 Å². The Labute approximate surface area is 263 Å². The Bertz CT molecular complexity index is 1490. The molecule has 1 heterocycles. The Morgan fingerprint density at radius 2 is 1.43 bits per heavy atom.